The third kappa shape index (κ3) is 6.17. The number of benzene rings is 4. The maximum absolute atomic E-state index is 14.1. The lowest BCUT2D eigenvalue weighted by Gasteiger charge is -2.17. The molecule has 9 heteroatoms. The zero-order chi connectivity index (χ0) is 30.7. The number of para-hydroxylation sites is 1. The molecule has 0 aliphatic carbocycles. The predicted octanol–water partition coefficient (Wildman–Crippen LogP) is 7.88. The van der Waals surface area contributed by atoms with Crippen LogP contribution < -0.4 is 19.8 Å². The van der Waals surface area contributed by atoms with Gasteiger partial charge in [-0.1, -0.05) is 44.2 Å². The molecule has 43 heavy (non-hydrogen) atoms. The highest BCUT2D eigenvalue weighted by atomic mass is 79.9. The van der Waals surface area contributed by atoms with Gasteiger partial charge in [0.2, 0.25) is 0 Å². The van der Waals surface area contributed by atoms with Crippen LogP contribution in [0.5, 0.6) is 17.2 Å². The van der Waals surface area contributed by atoms with Crippen LogP contribution in [0.25, 0.3) is 22.3 Å². The topological polar surface area (TPSA) is 74.9 Å². The van der Waals surface area contributed by atoms with Crippen molar-refractivity contribution >= 4 is 33.0 Å². The predicted molar refractivity (Wildman–Crippen MR) is 171 cm³/mol. The number of aryl methyl sites for hydroxylation is 1. The molecular formula is C34H31BrFN3O4. The average Bonchev–Trinajstić information content (AvgIpc) is 3.00. The molecule has 0 aliphatic heterocycles. The number of hydrogen-bond donors (Lipinski definition) is 0. The van der Waals surface area contributed by atoms with E-state index in [4.69, 9.17) is 19.2 Å². The van der Waals surface area contributed by atoms with Crippen molar-refractivity contribution in [1.29, 1.82) is 0 Å². The number of halogens is 2. The Kier molecular flexibility index (Phi) is 8.92. The van der Waals surface area contributed by atoms with Crippen molar-refractivity contribution in [3.63, 3.8) is 0 Å². The molecule has 0 unspecified atom stereocenters. The molecule has 0 bridgehead atoms. The minimum absolute atomic E-state index is 0.0240. The van der Waals surface area contributed by atoms with E-state index in [0.717, 1.165) is 22.4 Å². The van der Waals surface area contributed by atoms with Crippen LogP contribution >= 0.6 is 15.9 Å². The van der Waals surface area contributed by atoms with Crippen LogP contribution in [-0.4, -0.2) is 30.1 Å². The number of fused-ring (bicyclic) bond motifs is 1. The molecule has 5 aromatic rings. The highest BCUT2D eigenvalue weighted by Gasteiger charge is 2.19. The lowest BCUT2D eigenvalue weighted by molar-refractivity contribution is 0.278. The first-order valence-corrected chi connectivity index (χ1v) is 14.5. The lowest BCUT2D eigenvalue weighted by atomic mass is 9.96. The number of aromatic nitrogens is 2. The van der Waals surface area contributed by atoms with Gasteiger partial charge in [0.25, 0.3) is 5.56 Å². The van der Waals surface area contributed by atoms with E-state index in [9.17, 15) is 9.18 Å². The summed E-state index contributed by atoms with van der Waals surface area (Å²) in [6.07, 6.45) is 1.57. The summed E-state index contributed by atoms with van der Waals surface area (Å²) in [6.45, 7) is 6.16. The van der Waals surface area contributed by atoms with Gasteiger partial charge in [-0.05, 0) is 87.9 Å². The first-order chi connectivity index (χ1) is 20.7. The molecule has 1 aromatic heterocycles. The summed E-state index contributed by atoms with van der Waals surface area (Å²) in [5.41, 5.74) is 4.02. The minimum Gasteiger partial charge on any atom is -0.496 e. The minimum atomic E-state index is -0.348. The molecule has 0 radical (unpaired) electrons. The van der Waals surface area contributed by atoms with E-state index in [0.29, 0.717) is 43.8 Å². The molecule has 0 spiro atoms. The Hall–Kier alpha value is -4.50. The Morgan fingerprint density at radius 1 is 1.00 bits per heavy atom. The Morgan fingerprint density at radius 2 is 1.72 bits per heavy atom. The van der Waals surface area contributed by atoms with Gasteiger partial charge in [-0.2, -0.15) is 9.78 Å². The smallest absolute Gasteiger partial charge is 0.282 e. The molecule has 0 fully saturated rings. The second-order valence-electron chi connectivity index (χ2n) is 10.3. The van der Waals surface area contributed by atoms with Crippen molar-refractivity contribution in [3.05, 3.63) is 116 Å². The molecule has 0 atom stereocenters. The maximum atomic E-state index is 14.1. The fraction of sp³-hybridized carbons (Fsp3) is 0.206. The molecule has 0 saturated carbocycles. The van der Waals surface area contributed by atoms with Crippen LogP contribution in [0, 0.1) is 12.7 Å². The molecule has 7 nitrogen and oxygen atoms in total. The van der Waals surface area contributed by atoms with E-state index in [1.54, 1.807) is 55.8 Å². The second-order valence-corrected chi connectivity index (χ2v) is 11.1. The first-order valence-electron chi connectivity index (χ1n) is 13.7. The number of nitrogens with zero attached hydrogens (tertiary/aromatic N) is 3. The third-order valence-electron chi connectivity index (χ3n) is 7.10. The van der Waals surface area contributed by atoms with E-state index in [2.05, 4.69) is 34.9 Å². The summed E-state index contributed by atoms with van der Waals surface area (Å²) in [7, 11) is 3.17. The largest absolute Gasteiger partial charge is 0.496 e. The zero-order valence-corrected chi connectivity index (χ0v) is 26.1. The van der Waals surface area contributed by atoms with Crippen LogP contribution in [0.1, 0.15) is 42.0 Å². The van der Waals surface area contributed by atoms with E-state index in [1.807, 2.05) is 31.2 Å². The van der Waals surface area contributed by atoms with E-state index in [-0.39, 0.29) is 23.9 Å². The summed E-state index contributed by atoms with van der Waals surface area (Å²) < 4.78 is 33.2. The summed E-state index contributed by atoms with van der Waals surface area (Å²) in [5, 5.41) is 5.08. The molecular weight excluding hydrogens is 613 g/mol. The molecule has 0 aliphatic rings. The molecule has 0 amide bonds. The number of rotatable bonds is 9. The lowest BCUT2D eigenvalue weighted by Crippen LogP contribution is -2.20. The zero-order valence-electron chi connectivity index (χ0n) is 24.5. The van der Waals surface area contributed by atoms with Crippen molar-refractivity contribution in [1.82, 2.24) is 9.66 Å². The molecule has 0 N–H and O–H groups in total. The average molecular weight is 645 g/mol. The SMILES string of the molecule is COc1cc(C)c(-c2nc3ccccc3c(=O)n2N=Cc2cc(Br)c(OCc3ccccc3F)c(OC)c2)cc1C(C)C. The molecule has 4 aromatic carbocycles. The molecule has 220 valence electrons. The monoisotopic (exact) mass is 643 g/mol. The van der Waals surface area contributed by atoms with Crippen LogP contribution in [0.15, 0.2) is 87.2 Å². The van der Waals surface area contributed by atoms with Crippen molar-refractivity contribution in [3.8, 4) is 28.6 Å². The quantitative estimate of drug-likeness (QED) is 0.153. The van der Waals surface area contributed by atoms with E-state index < -0.39 is 0 Å². The molecule has 1 heterocycles. The van der Waals surface area contributed by atoms with E-state index >= 15 is 0 Å². The van der Waals surface area contributed by atoms with Crippen LogP contribution in [0.3, 0.4) is 0 Å². The van der Waals surface area contributed by atoms with Gasteiger partial charge < -0.3 is 14.2 Å². The summed E-state index contributed by atoms with van der Waals surface area (Å²) >= 11 is 3.55. The maximum Gasteiger partial charge on any atom is 0.282 e. The standard InChI is InChI=1S/C34H31BrFN3O4/c1-20(2)25-17-26(21(3)14-30(25)41-4)33-38-29-13-9-7-11-24(29)34(40)39(33)37-18-22-15-27(35)32(31(16-22)42-5)43-19-23-10-6-8-12-28(23)36/h6-18,20H,19H2,1-5H3. The molecule has 5 rings (SSSR count). The van der Waals surface area contributed by atoms with Crippen molar-refractivity contribution in [2.45, 2.75) is 33.3 Å². The summed E-state index contributed by atoms with van der Waals surface area (Å²) in [6, 6.07) is 21.1. The van der Waals surface area contributed by atoms with E-state index in [1.165, 1.54) is 17.9 Å². The second kappa shape index (κ2) is 12.8. The Balaban J connectivity index is 1.59. The number of hydrogen-bond acceptors (Lipinski definition) is 6. The van der Waals surface area contributed by atoms with Gasteiger partial charge >= 0.3 is 0 Å². The summed E-state index contributed by atoms with van der Waals surface area (Å²) in [4.78, 5) is 18.7. The Bertz CT molecular complexity index is 1900. The van der Waals surface area contributed by atoms with Crippen molar-refractivity contribution < 1.29 is 18.6 Å². The van der Waals surface area contributed by atoms with Crippen LogP contribution in [0.4, 0.5) is 4.39 Å². The highest BCUT2D eigenvalue weighted by molar-refractivity contribution is 9.10. The fourth-order valence-electron chi connectivity index (χ4n) is 4.82. The Morgan fingerprint density at radius 3 is 2.44 bits per heavy atom. The van der Waals surface area contributed by atoms with Gasteiger partial charge in [-0.3, -0.25) is 4.79 Å². The normalized spacial score (nSPS) is 11.4. The van der Waals surface area contributed by atoms with Crippen molar-refractivity contribution in [2.24, 2.45) is 5.10 Å². The highest BCUT2D eigenvalue weighted by Crippen LogP contribution is 2.37. The summed E-state index contributed by atoms with van der Waals surface area (Å²) in [5.74, 6) is 1.87. The van der Waals surface area contributed by atoms with Gasteiger partial charge in [0.15, 0.2) is 17.3 Å². The first kappa shape index (κ1) is 30.0. The van der Waals surface area contributed by atoms with Gasteiger partial charge in [-0.25, -0.2) is 9.37 Å². The third-order valence-corrected chi connectivity index (χ3v) is 7.69. The molecule has 0 saturated heterocycles. The van der Waals surface area contributed by atoms with Gasteiger partial charge in [0.05, 0.1) is 35.8 Å². The van der Waals surface area contributed by atoms with Gasteiger partial charge in [0, 0.05) is 11.1 Å². The van der Waals surface area contributed by atoms with Crippen molar-refractivity contribution in [2.75, 3.05) is 14.2 Å². The Labute approximate surface area is 257 Å². The number of methoxy groups -OCH3 is 2. The van der Waals surface area contributed by atoms with Crippen LogP contribution in [0.2, 0.25) is 0 Å². The number of ether oxygens (including phenoxy) is 3. The van der Waals surface area contributed by atoms with Gasteiger partial charge in [0.1, 0.15) is 18.2 Å². The van der Waals surface area contributed by atoms with Crippen LogP contribution in [-0.2, 0) is 6.61 Å². The van der Waals surface area contributed by atoms with Gasteiger partial charge in [-0.15, -0.1) is 0 Å². The fourth-order valence-corrected chi connectivity index (χ4v) is 5.39.